The summed E-state index contributed by atoms with van der Waals surface area (Å²) >= 11 is 0. The van der Waals surface area contributed by atoms with Crippen LogP contribution in [-0.4, -0.2) is 0 Å². The molecule has 1 fully saturated rings. The lowest BCUT2D eigenvalue weighted by molar-refractivity contribution is 0.451. The SMILES string of the molecule is CC1(C(N)c2ccc3ccccc3c2)CC1. The van der Waals surface area contributed by atoms with E-state index in [1.807, 2.05) is 0 Å². The van der Waals surface area contributed by atoms with Gasteiger partial charge in [-0.1, -0.05) is 43.3 Å². The summed E-state index contributed by atoms with van der Waals surface area (Å²) in [5.41, 5.74) is 7.95. The molecule has 1 atom stereocenters. The maximum Gasteiger partial charge on any atom is 0.0349 e. The minimum absolute atomic E-state index is 0.192. The predicted molar refractivity (Wildman–Crippen MR) is 68.2 cm³/mol. The number of benzene rings is 2. The zero-order valence-corrected chi connectivity index (χ0v) is 9.61. The quantitative estimate of drug-likeness (QED) is 0.806. The molecule has 2 N–H and O–H groups in total. The summed E-state index contributed by atoms with van der Waals surface area (Å²) in [5, 5.41) is 2.58. The summed E-state index contributed by atoms with van der Waals surface area (Å²) < 4.78 is 0. The van der Waals surface area contributed by atoms with Gasteiger partial charge in [-0.05, 0) is 40.7 Å². The molecule has 2 aromatic rings. The van der Waals surface area contributed by atoms with Crippen molar-refractivity contribution in [3.05, 3.63) is 48.0 Å². The van der Waals surface area contributed by atoms with Gasteiger partial charge < -0.3 is 5.73 Å². The summed E-state index contributed by atoms with van der Waals surface area (Å²) in [4.78, 5) is 0. The van der Waals surface area contributed by atoms with Crippen LogP contribution in [0.3, 0.4) is 0 Å². The molecule has 1 heteroatoms. The van der Waals surface area contributed by atoms with E-state index < -0.39 is 0 Å². The minimum atomic E-state index is 0.192. The Morgan fingerprint density at radius 3 is 2.44 bits per heavy atom. The van der Waals surface area contributed by atoms with E-state index in [1.54, 1.807) is 0 Å². The first-order chi connectivity index (χ1) is 7.69. The van der Waals surface area contributed by atoms with Crippen molar-refractivity contribution in [2.45, 2.75) is 25.8 Å². The third-order valence-electron chi connectivity index (χ3n) is 3.92. The highest BCUT2D eigenvalue weighted by Crippen LogP contribution is 2.53. The van der Waals surface area contributed by atoms with Gasteiger partial charge in [0.1, 0.15) is 0 Å². The minimum Gasteiger partial charge on any atom is -0.323 e. The van der Waals surface area contributed by atoms with Crippen molar-refractivity contribution >= 4 is 10.8 Å². The molecule has 0 radical (unpaired) electrons. The van der Waals surface area contributed by atoms with Gasteiger partial charge in [0.25, 0.3) is 0 Å². The topological polar surface area (TPSA) is 26.0 Å². The zero-order chi connectivity index (χ0) is 11.2. The molecule has 1 aliphatic rings. The molecule has 0 bridgehead atoms. The number of nitrogens with two attached hydrogens (primary N) is 1. The molecule has 0 amide bonds. The van der Waals surface area contributed by atoms with Gasteiger partial charge in [-0.2, -0.15) is 0 Å². The van der Waals surface area contributed by atoms with Crippen molar-refractivity contribution in [2.24, 2.45) is 11.1 Å². The van der Waals surface area contributed by atoms with E-state index in [0.717, 1.165) is 0 Å². The lowest BCUT2D eigenvalue weighted by atomic mass is 9.91. The lowest BCUT2D eigenvalue weighted by Crippen LogP contribution is -2.19. The molecule has 1 saturated carbocycles. The second kappa shape index (κ2) is 3.33. The van der Waals surface area contributed by atoms with Crippen LogP contribution in [0.1, 0.15) is 31.4 Å². The normalized spacial score (nSPS) is 19.6. The average Bonchev–Trinajstić information content (AvgIpc) is 3.07. The van der Waals surface area contributed by atoms with Gasteiger partial charge in [-0.15, -0.1) is 0 Å². The molecule has 2 aromatic carbocycles. The van der Waals surface area contributed by atoms with E-state index >= 15 is 0 Å². The molecule has 3 rings (SSSR count). The number of hydrogen-bond acceptors (Lipinski definition) is 1. The third kappa shape index (κ3) is 1.52. The smallest absolute Gasteiger partial charge is 0.0349 e. The van der Waals surface area contributed by atoms with Crippen LogP contribution >= 0.6 is 0 Å². The Hall–Kier alpha value is -1.34. The Morgan fingerprint density at radius 2 is 1.75 bits per heavy atom. The fourth-order valence-corrected chi connectivity index (χ4v) is 2.31. The Bertz CT molecular complexity index is 526. The molecular weight excluding hydrogens is 194 g/mol. The van der Waals surface area contributed by atoms with Gasteiger partial charge in [-0.3, -0.25) is 0 Å². The molecule has 1 aliphatic carbocycles. The highest BCUT2D eigenvalue weighted by Gasteiger charge is 2.43. The molecule has 1 unspecified atom stereocenters. The summed E-state index contributed by atoms with van der Waals surface area (Å²) in [7, 11) is 0. The summed E-state index contributed by atoms with van der Waals surface area (Å²) in [6.45, 7) is 2.28. The van der Waals surface area contributed by atoms with Crippen molar-refractivity contribution in [3.8, 4) is 0 Å². The van der Waals surface area contributed by atoms with Crippen molar-refractivity contribution in [2.75, 3.05) is 0 Å². The Kier molecular flexibility index (Phi) is 2.05. The van der Waals surface area contributed by atoms with Crippen LogP contribution in [0, 0.1) is 5.41 Å². The zero-order valence-electron chi connectivity index (χ0n) is 9.61. The first kappa shape index (κ1) is 9.86. The monoisotopic (exact) mass is 211 g/mol. The molecule has 0 aliphatic heterocycles. The molecule has 16 heavy (non-hydrogen) atoms. The summed E-state index contributed by atoms with van der Waals surface area (Å²) in [6.07, 6.45) is 2.53. The van der Waals surface area contributed by atoms with Gasteiger partial charge in [0.15, 0.2) is 0 Å². The second-order valence-corrected chi connectivity index (χ2v) is 5.24. The predicted octanol–water partition coefficient (Wildman–Crippen LogP) is 3.64. The third-order valence-corrected chi connectivity index (χ3v) is 3.92. The van der Waals surface area contributed by atoms with Crippen molar-refractivity contribution in [1.29, 1.82) is 0 Å². The van der Waals surface area contributed by atoms with Crippen molar-refractivity contribution in [1.82, 2.24) is 0 Å². The van der Waals surface area contributed by atoms with E-state index in [-0.39, 0.29) is 6.04 Å². The number of fused-ring (bicyclic) bond motifs is 1. The van der Waals surface area contributed by atoms with Crippen molar-refractivity contribution in [3.63, 3.8) is 0 Å². The molecule has 0 heterocycles. The van der Waals surface area contributed by atoms with Gasteiger partial charge in [0, 0.05) is 6.04 Å². The molecule has 1 nitrogen and oxygen atoms in total. The Labute approximate surface area is 96.3 Å². The largest absolute Gasteiger partial charge is 0.323 e. The maximum absolute atomic E-state index is 6.33. The Balaban J connectivity index is 2.05. The van der Waals surface area contributed by atoms with Crippen LogP contribution in [-0.2, 0) is 0 Å². The molecular formula is C15H17N. The first-order valence-electron chi connectivity index (χ1n) is 5.93. The molecule has 0 spiro atoms. The van der Waals surface area contributed by atoms with E-state index in [2.05, 4.69) is 49.4 Å². The van der Waals surface area contributed by atoms with Crippen LogP contribution in [0.25, 0.3) is 10.8 Å². The molecule has 0 saturated heterocycles. The van der Waals surface area contributed by atoms with Crippen LogP contribution < -0.4 is 5.73 Å². The van der Waals surface area contributed by atoms with Gasteiger partial charge >= 0.3 is 0 Å². The van der Waals surface area contributed by atoms with Crippen molar-refractivity contribution < 1.29 is 0 Å². The fraction of sp³-hybridized carbons (Fsp3) is 0.333. The van der Waals surface area contributed by atoms with E-state index in [0.29, 0.717) is 5.41 Å². The fourth-order valence-electron chi connectivity index (χ4n) is 2.31. The second-order valence-electron chi connectivity index (χ2n) is 5.24. The van der Waals surface area contributed by atoms with E-state index in [9.17, 15) is 0 Å². The van der Waals surface area contributed by atoms with Gasteiger partial charge in [0.2, 0.25) is 0 Å². The first-order valence-corrected chi connectivity index (χ1v) is 5.93. The van der Waals surface area contributed by atoms with E-state index in [1.165, 1.54) is 29.2 Å². The Morgan fingerprint density at radius 1 is 1.06 bits per heavy atom. The summed E-state index contributed by atoms with van der Waals surface area (Å²) in [5.74, 6) is 0. The summed E-state index contributed by atoms with van der Waals surface area (Å²) in [6, 6.07) is 15.2. The van der Waals surface area contributed by atoms with Gasteiger partial charge in [-0.25, -0.2) is 0 Å². The number of rotatable bonds is 2. The van der Waals surface area contributed by atoms with Crippen LogP contribution in [0.4, 0.5) is 0 Å². The van der Waals surface area contributed by atoms with E-state index in [4.69, 9.17) is 5.73 Å². The highest BCUT2D eigenvalue weighted by molar-refractivity contribution is 5.83. The van der Waals surface area contributed by atoms with Crippen LogP contribution in [0.2, 0.25) is 0 Å². The van der Waals surface area contributed by atoms with Crippen LogP contribution in [0.5, 0.6) is 0 Å². The number of hydrogen-bond donors (Lipinski definition) is 1. The molecule has 0 aromatic heterocycles. The maximum atomic E-state index is 6.33. The lowest BCUT2D eigenvalue weighted by Gasteiger charge is -2.19. The molecule has 82 valence electrons. The highest BCUT2D eigenvalue weighted by atomic mass is 14.7. The standard InChI is InChI=1S/C15H17N/c1-15(8-9-15)14(16)13-7-6-11-4-2-3-5-12(11)10-13/h2-7,10,14H,8-9,16H2,1H3. The van der Waals surface area contributed by atoms with Gasteiger partial charge in [0.05, 0.1) is 0 Å². The van der Waals surface area contributed by atoms with Crippen LogP contribution in [0.15, 0.2) is 42.5 Å². The average molecular weight is 211 g/mol.